The molecule has 1 aromatic heterocycles. The van der Waals surface area contributed by atoms with Crippen LogP contribution in [-0.2, 0) is 21.7 Å². The molecule has 1 aromatic carbocycles. The summed E-state index contributed by atoms with van der Waals surface area (Å²) >= 11 is 1.26. The van der Waals surface area contributed by atoms with Crippen molar-refractivity contribution in [3.63, 3.8) is 0 Å². The summed E-state index contributed by atoms with van der Waals surface area (Å²) in [7, 11) is -1.47. The molecule has 0 radical (unpaired) electrons. The van der Waals surface area contributed by atoms with Gasteiger partial charge in [-0.15, -0.1) is 10.2 Å². The summed E-state index contributed by atoms with van der Waals surface area (Å²) in [5.41, 5.74) is 0.447. The minimum atomic E-state index is -3.30. The maximum Gasteiger partial charge on any atom is 0.234 e. The van der Waals surface area contributed by atoms with Crippen molar-refractivity contribution in [2.45, 2.75) is 17.0 Å². The maximum absolute atomic E-state index is 11.9. The number of thioether (sulfide) groups is 1. The molecule has 0 aliphatic heterocycles. The first kappa shape index (κ1) is 16.5. The van der Waals surface area contributed by atoms with Crippen LogP contribution in [0.1, 0.15) is 5.82 Å². The average Bonchev–Trinajstić information content (AvgIpc) is 2.76. The van der Waals surface area contributed by atoms with Crippen LogP contribution in [0.15, 0.2) is 34.3 Å². The van der Waals surface area contributed by atoms with E-state index in [0.29, 0.717) is 10.8 Å². The monoisotopic (exact) mass is 340 g/mol. The van der Waals surface area contributed by atoms with E-state index in [0.717, 1.165) is 12.1 Å². The first-order valence-electron chi connectivity index (χ1n) is 6.36. The second-order valence-corrected chi connectivity index (χ2v) is 7.68. The van der Waals surface area contributed by atoms with E-state index in [1.165, 1.54) is 23.9 Å². The lowest BCUT2D eigenvalue weighted by atomic mass is 10.3. The lowest BCUT2D eigenvalue weighted by Gasteiger charge is -2.06. The minimum absolute atomic E-state index is 0.162. The lowest BCUT2D eigenvalue weighted by molar-refractivity contribution is -0.113. The Morgan fingerprint density at radius 2 is 2.09 bits per heavy atom. The molecule has 22 heavy (non-hydrogen) atoms. The molecule has 2 aromatic rings. The first-order valence-corrected chi connectivity index (χ1v) is 9.24. The topological polar surface area (TPSA) is 94.0 Å². The summed E-state index contributed by atoms with van der Waals surface area (Å²) < 4.78 is 24.8. The van der Waals surface area contributed by atoms with Gasteiger partial charge < -0.3 is 9.88 Å². The zero-order chi connectivity index (χ0) is 16.3. The molecule has 0 saturated carbocycles. The van der Waals surface area contributed by atoms with Crippen molar-refractivity contribution in [2.75, 3.05) is 17.3 Å². The third-order valence-corrected chi connectivity index (χ3v) is 5.06. The van der Waals surface area contributed by atoms with E-state index in [1.54, 1.807) is 16.7 Å². The number of benzene rings is 1. The van der Waals surface area contributed by atoms with Crippen LogP contribution in [0.5, 0.6) is 0 Å². The van der Waals surface area contributed by atoms with E-state index < -0.39 is 9.84 Å². The van der Waals surface area contributed by atoms with Crippen LogP contribution in [0.3, 0.4) is 0 Å². The largest absolute Gasteiger partial charge is 0.325 e. The van der Waals surface area contributed by atoms with Crippen molar-refractivity contribution >= 4 is 33.2 Å². The Labute approximate surface area is 133 Å². The van der Waals surface area contributed by atoms with Crippen molar-refractivity contribution in [1.29, 1.82) is 0 Å². The fourth-order valence-electron chi connectivity index (χ4n) is 1.65. The normalized spacial score (nSPS) is 11.4. The van der Waals surface area contributed by atoms with Gasteiger partial charge >= 0.3 is 0 Å². The molecule has 1 N–H and O–H groups in total. The average molecular weight is 340 g/mol. The number of carbonyl (C=O) groups excluding carboxylic acids is 1. The Morgan fingerprint density at radius 1 is 1.36 bits per heavy atom. The van der Waals surface area contributed by atoms with Gasteiger partial charge in [-0.25, -0.2) is 8.42 Å². The van der Waals surface area contributed by atoms with Crippen LogP contribution in [0, 0.1) is 6.92 Å². The molecule has 1 amide bonds. The van der Waals surface area contributed by atoms with Gasteiger partial charge in [-0.2, -0.15) is 0 Å². The predicted molar refractivity (Wildman–Crippen MR) is 84.6 cm³/mol. The summed E-state index contributed by atoms with van der Waals surface area (Å²) in [4.78, 5) is 12.1. The zero-order valence-corrected chi connectivity index (χ0v) is 14.0. The fourth-order valence-corrected chi connectivity index (χ4v) is 3.07. The third kappa shape index (κ3) is 4.08. The summed E-state index contributed by atoms with van der Waals surface area (Å²) in [6, 6.07) is 6.15. The van der Waals surface area contributed by atoms with E-state index in [2.05, 4.69) is 15.5 Å². The van der Waals surface area contributed by atoms with Gasteiger partial charge in [0.15, 0.2) is 15.0 Å². The number of aryl methyl sites for hydroxylation is 1. The molecule has 0 bridgehead atoms. The lowest BCUT2D eigenvalue weighted by Crippen LogP contribution is -2.14. The highest BCUT2D eigenvalue weighted by Gasteiger charge is 2.11. The Hall–Kier alpha value is -1.87. The number of aromatic nitrogens is 3. The molecular formula is C13H16N4O3S2. The first-order chi connectivity index (χ1) is 10.3. The number of hydrogen-bond acceptors (Lipinski definition) is 6. The maximum atomic E-state index is 11.9. The summed E-state index contributed by atoms with van der Waals surface area (Å²) in [6.45, 7) is 1.83. The Morgan fingerprint density at radius 3 is 2.68 bits per heavy atom. The van der Waals surface area contributed by atoms with Gasteiger partial charge in [0.25, 0.3) is 0 Å². The molecule has 0 aliphatic rings. The SMILES string of the molecule is Cc1nnc(SCC(=O)Nc2cccc(S(C)(=O)=O)c2)n1C. The van der Waals surface area contributed by atoms with Gasteiger partial charge in [0.1, 0.15) is 5.82 Å². The molecule has 0 atom stereocenters. The molecule has 0 aliphatic carbocycles. The molecule has 9 heteroatoms. The quantitative estimate of drug-likeness (QED) is 0.824. The van der Waals surface area contributed by atoms with Crippen molar-refractivity contribution in [3.05, 3.63) is 30.1 Å². The smallest absolute Gasteiger partial charge is 0.234 e. The van der Waals surface area contributed by atoms with E-state index in [9.17, 15) is 13.2 Å². The number of nitrogens with one attached hydrogen (secondary N) is 1. The Balaban J connectivity index is 1.99. The molecule has 2 rings (SSSR count). The Kier molecular flexibility index (Phi) is 4.87. The van der Waals surface area contributed by atoms with Gasteiger partial charge in [-0.3, -0.25) is 4.79 Å². The fraction of sp³-hybridized carbons (Fsp3) is 0.308. The van der Waals surface area contributed by atoms with E-state index in [-0.39, 0.29) is 16.6 Å². The number of anilines is 1. The van der Waals surface area contributed by atoms with Crippen LogP contribution in [0.2, 0.25) is 0 Å². The van der Waals surface area contributed by atoms with Crippen molar-refractivity contribution < 1.29 is 13.2 Å². The van der Waals surface area contributed by atoms with Gasteiger partial charge in [0.2, 0.25) is 5.91 Å². The number of carbonyl (C=O) groups is 1. The van der Waals surface area contributed by atoms with Crippen molar-refractivity contribution in [1.82, 2.24) is 14.8 Å². The summed E-state index contributed by atoms with van der Waals surface area (Å²) in [5.74, 6) is 0.690. The van der Waals surface area contributed by atoms with Crippen molar-refractivity contribution in [2.24, 2.45) is 7.05 Å². The van der Waals surface area contributed by atoms with Crippen LogP contribution >= 0.6 is 11.8 Å². The minimum Gasteiger partial charge on any atom is -0.325 e. The van der Waals surface area contributed by atoms with Crippen LogP contribution in [-0.4, -0.2) is 41.1 Å². The van der Waals surface area contributed by atoms with Crippen molar-refractivity contribution in [3.8, 4) is 0 Å². The van der Waals surface area contributed by atoms with E-state index in [1.807, 2.05) is 14.0 Å². The van der Waals surface area contributed by atoms with Gasteiger partial charge in [0, 0.05) is 19.0 Å². The highest BCUT2D eigenvalue weighted by molar-refractivity contribution is 7.99. The number of rotatable bonds is 5. The standard InChI is InChI=1S/C13H16N4O3S2/c1-9-15-16-13(17(9)2)21-8-12(18)14-10-5-4-6-11(7-10)22(3,19)20/h4-7H,8H2,1-3H3,(H,14,18). The van der Waals surface area contributed by atoms with Gasteiger partial charge in [-0.05, 0) is 25.1 Å². The summed E-state index contributed by atoms with van der Waals surface area (Å²) in [6.07, 6.45) is 1.13. The predicted octanol–water partition coefficient (Wildman–Crippen LogP) is 1.26. The zero-order valence-electron chi connectivity index (χ0n) is 12.4. The number of amides is 1. The molecule has 118 valence electrons. The second kappa shape index (κ2) is 6.49. The molecular weight excluding hydrogens is 324 g/mol. The highest BCUT2D eigenvalue weighted by atomic mass is 32.2. The van der Waals surface area contributed by atoms with Gasteiger partial charge in [-0.1, -0.05) is 17.8 Å². The summed E-state index contributed by atoms with van der Waals surface area (Å²) in [5, 5.41) is 11.2. The number of nitrogens with zero attached hydrogens (tertiary/aromatic N) is 3. The molecule has 0 saturated heterocycles. The third-order valence-electron chi connectivity index (χ3n) is 2.93. The molecule has 0 fully saturated rings. The van der Waals surface area contributed by atoms with Crippen LogP contribution in [0.25, 0.3) is 0 Å². The van der Waals surface area contributed by atoms with E-state index in [4.69, 9.17) is 0 Å². The molecule has 0 unspecified atom stereocenters. The van der Waals surface area contributed by atoms with Gasteiger partial charge in [0.05, 0.1) is 10.6 Å². The molecule has 1 heterocycles. The number of hydrogen-bond donors (Lipinski definition) is 1. The van der Waals surface area contributed by atoms with Crippen LogP contribution < -0.4 is 5.32 Å². The molecule has 0 spiro atoms. The highest BCUT2D eigenvalue weighted by Crippen LogP contribution is 2.18. The Bertz CT molecular complexity index is 799. The molecule has 7 nitrogen and oxygen atoms in total. The number of sulfone groups is 1. The van der Waals surface area contributed by atoms with E-state index >= 15 is 0 Å². The second-order valence-electron chi connectivity index (χ2n) is 4.73. The van der Waals surface area contributed by atoms with Crippen LogP contribution in [0.4, 0.5) is 5.69 Å².